The first-order valence-electron chi connectivity index (χ1n) is 14.2. The molecule has 2 amide bonds. The molecule has 3 fully saturated rings. The summed E-state index contributed by atoms with van der Waals surface area (Å²) in [6, 6.07) is 5.53. The summed E-state index contributed by atoms with van der Waals surface area (Å²) in [4.78, 5) is 16.4. The molecule has 0 aromatic heterocycles. The molecular weight excluding hydrogens is 475 g/mol. The molecule has 0 aliphatic carbocycles. The van der Waals surface area contributed by atoms with Crippen LogP contribution in [-0.4, -0.2) is 67.6 Å². The van der Waals surface area contributed by atoms with Gasteiger partial charge in [0.2, 0.25) is 0 Å². The molecule has 37 heavy (non-hydrogen) atoms. The molecule has 1 aromatic carbocycles. The molecule has 7 nitrogen and oxygen atoms in total. The second kappa shape index (κ2) is 12.9. The van der Waals surface area contributed by atoms with Crippen molar-refractivity contribution in [3.05, 3.63) is 30.1 Å². The Morgan fingerprint density at radius 3 is 2.16 bits per heavy atom. The molecule has 4 rings (SSSR count). The Labute approximate surface area is 221 Å². The molecule has 3 saturated heterocycles. The van der Waals surface area contributed by atoms with Gasteiger partial charge in [-0.2, -0.15) is 0 Å². The van der Waals surface area contributed by atoms with Crippen LogP contribution in [0.5, 0.6) is 0 Å². The van der Waals surface area contributed by atoms with Crippen LogP contribution >= 0.6 is 0 Å². The fraction of sp³-hybridized carbons (Fsp3) is 0.759. The third-order valence-electron chi connectivity index (χ3n) is 7.64. The van der Waals surface area contributed by atoms with Crippen molar-refractivity contribution in [1.29, 1.82) is 0 Å². The standard InChI is InChI=1S/C29H45FN2O5/c1-5-6-7-8-9-10-11-12-13-14-19-34-27-26-25(36-29(2,3)37-26)24(35-27)23-20-31(4)28(33)32(23)22-17-15-21(30)16-18-22/h15-18,23-27H,5-14,19-20H2,1-4H3/t23-,24+,25-,26-,27-/m0/s1. The third kappa shape index (κ3) is 7.02. The lowest BCUT2D eigenvalue weighted by Crippen LogP contribution is -2.48. The highest BCUT2D eigenvalue weighted by Gasteiger charge is 2.60. The quantitative estimate of drug-likeness (QED) is 0.272. The zero-order valence-electron chi connectivity index (χ0n) is 23.0. The van der Waals surface area contributed by atoms with E-state index in [4.69, 9.17) is 18.9 Å². The summed E-state index contributed by atoms with van der Waals surface area (Å²) in [5.41, 5.74) is 0.633. The lowest BCUT2D eigenvalue weighted by molar-refractivity contribution is -0.235. The normalized spacial score (nSPS) is 28.9. The maximum Gasteiger partial charge on any atom is 0.324 e. The van der Waals surface area contributed by atoms with Gasteiger partial charge in [0.15, 0.2) is 12.1 Å². The Kier molecular flexibility index (Phi) is 9.84. The SMILES string of the molecule is CCCCCCCCCCCCO[C@H]1O[C@H]([C@@H]2CN(C)C(=O)N2c2ccc(F)cc2)[C@@H]2OC(C)(C)O[C@H]12. The molecule has 0 saturated carbocycles. The van der Waals surface area contributed by atoms with Crippen molar-refractivity contribution in [3.63, 3.8) is 0 Å². The number of ether oxygens (including phenoxy) is 4. The molecule has 0 bridgehead atoms. The maximum absolute atomic E-state index is 13.6. The van der Waals surface area contributed by atoms with Crippen molar-refractivity contribution in [2.24, 2.45) is 0 Å². The van der Waals surface area contributed by atoms with Gasteiger partial charge in [-0.25, -0.2) is 9.18 Å². The number of likely N-dealkylation sites (N-methyl/N-ethyl adjacent to an activating group) is 1. The van der Waals surface area contributed by atoms with Crippen molar-refractivity contribution < 1.29 is 28.1 Å². The van der Waals surface area contributed by atoms with Crippen molar-refractivity contribution in [2.75, 3.05) is 25.1 Å². The van der Waals surface area contributed by atoms with Crippen molar-refractivity contribution >= 4 is 11.7 Å². The van der Waals surface area contributed by atoms with E-state index in [0.717, 1.165) is 12.8 Å². The smallest absolute Gasteiger partial charge is 0.324 e. The molecule has 3 aliphatic rings. The van der Waals surface area contributed by atoms with Crippen LogP contribution in [0.1, 0.15) is 85.0 Å². The number of amides is 2. The summed E-state index contributed by atoms with van der Waals surface area (Å²) in [6.07, 6.45) is 11.0. The molecule has 0 unspecified atom stereocenters. The van der Waals surface area contributed by atoms with Crippen LogP contribution in [-0.2, 0) is 18.9 Å². The van der Waals surface area contributed by atoms with Gasteiger partial charge < -0.3 is 23.8 Å². The van der Waals surface area contributed by atoms with Crippen LogP contribution in [0.15, 0.2) is 24.3 Å². The van der Waals surface area contributed by atoms with Crippen LogP contribution in [0.4, 0.5) is 14.9 Å². The molecule has 5 atom stereocenters. The topological polar surface area (TPSA) is 60.5 Å². The highest BCUT2D eigenvalue weighted by Crippen LogP contribution is 2.42. The first-order valence-corrected chi connectivity index (χ1v) is 14.2. The molecule has 0 N–H and O–H groups in total. The van der Waals surface area contributed by atoms with Gasteiger partial charge in [-0.15, -0.1) is 0 Å². The number of unbranched alkanes of at least 4 members (excludes halogenated alkanes) is 9. The lowest BCUT2D eigenvalue weighted by Gasteiger charge is -2.31. The minimum absolute atomic E-state index is 0.148. The lowest BCUT2D eigenvalue weighted by atomic mass is 10.0. The Hall–Kier alpha value is -1.74. The van der Waals surface area contributed by atoms with Crippen molar-refractivity contribution in [3.8, 4) is 0 Å². The number of carbonyl (C=O) groups excluding carboxylic acids is 1. The van der Waals surface area contributed by atoms with E-state index in [1.165, 1.54) is 63.5 Å². The number of nitrogens with zero attached hydrogens (tertiary/aromatic N) is 2. The highest BCUT2D eigenvalue weighted by molar-refractivity contribution is 5.95. The fourth-order valence-corrected chi connectivity index (χ4v) is 5.74. The number of benzene rings is 1. The summed E-state index contributed by atoms with van der Waals surface area (Å²) in [6.45, 7) is 7.12. The molecule has 8 heteroatoms. The van der Waals surface area contributed by atoms with Gasteiger partial charge in [0.1, 0.15) is 24.1 Å². The van der Waals surface area contributed by atoms with Gasteiger partial charge in [-0.05, 0) is 44.5 Å². The summed E-state index contributed by atoms with van der Waals surface area (Å²) >= 11 is 0. The van der Waals surface area contributed by atoms with E-state index >= 15 is 0 Å². The number of halogens is 1. The van der Waals surface area contributed by atoms with Crippen LogP contribution in [0.25, 0.3) is 0 Å². The molecule has 0 radical (unpaired) electrons. The van der Waals surface area contributed by atoms with Gasteiger partial charge in [0.25, 0.3) is 0 Å². The van der Waals surface area contributed by atoms with Crippen LogP contribution < -0.4 is 4.90 Å². The minimum atomic E-state index is -0.759. The summed E-state index contributed by atoms with van der Waals surface area (Å²) in [5.74, 6) is -1.10. The Morgan fingerprint density at radius 2 is 1.51 bits per heavy atom. The molecular formula is C29H45FN2O5. The molecule has 3 heterocycles. The molecule has 1 aromatic rings. The zero-order chi connectivity index (χ0) is 26.4. The van der Waals surface area contributed by atoms with Crippen molar-refractivity contribution in [2.45, 2.75) is 121 Å². The number of hydrogen-bond donors (Lipinski definition) is 0. The van der Waals surface area contributed by atoms with Crippen LogP contribution in [0.2, 0.25) is 0 Å². The average molecular weight is 521 g/mol. The van der Waals surface area contributed by atoms with Gasteiger partial charge in [0.05, 0.1) is 6.04 Å². The number of hydrogen-bond acceptors (Lipinski definition) is 5. The molecule has 208 valence electrons. The highest BCUT2D eigenvalue weighted by atomic mass is 19.1. The zero-order valence-corrected chi connectivity index (χ0v) is 23.0. The van der Waals surface area contributed by atoms with E-state index in [1.807, 2.05) is 13.8 Å². The second-order valence-corrected chi connectivity index (χ2v) is 11.2. The third-order valence-corrected chi connectivity index (χ3v) is 7.64. The van der Waals surface area contributed by atoms with Gasteiger partial charge >= 0.3 is 6.03 Å². The Morgan fingerprint density at radius 1 is 0.919 bits per heavy atom. The fourth-order valence-electron chi connectivity index (χ4n) is 5.74. The first kappa shape index (κ1) is 28.3. The monoisotopic (exact) mass is 520 g/mol. The number of anilines is 1. The Balaban J connectivity index is 1.31. The van der Waals surface area contributed by atoms with Gasteiger partial charge in [-0.1, -0.05) is 64.7 Å². The number of carbonyl (C=O) groups is 1. The predicted molar refractivity (Wildman–Crippen MR) is 141 cm³/mol. The minimum Gasteiger partial charge on any atom is -0.350 e. The maximum atomic E-state index is 13.6. The van der Waals surface area contributed by atoms with E-state index < -0.39 is 18.2 Å². The van der Waals surface area contributed by atoms with Gasteiger partial charge in [0, 0.05) is 25.9 Å². The van der Waals surface area contributed by atoms with E-state index in [9.17, 15) is 9.18 Å². The molecule has 0 spiro atoms. The summed E-state index contributed by atoms with van der Waals surface area (Å²) in [7, 11) is 1.76. The number of urea groups is 1. The van der Waals surface area contributed by atoms with Crippen molar-refractivity contribution in [1.82, 2.24) is 4.90 Å². The number of fused-ring (bicyclic) bond motifs is 1. The van der Waals surface area contributed by atoms with Gasteiger partial charge in [-0.3, -0.25) is 4.90 Å². The van der Waals surface area contributed by atoms with E-state index in [2.05, 4.69) is 6.92 Å². The first-order chi connectivity index (χ1) is 17.8. The summed E-state index contributed by atoms with van der Waals surface area (Å²) < 4.78 is 38.6. The largest absolute Gasteiger partial charge is 0.350 e. The summed E-state index contributed by atoms with van der Waals surface area (Å²) in [5, 5.41) is 0. The van der Waals surface area contributed by atoms with Crippen LogP contribution in [0, 0.1) is 5.82 Å². The van der Waals surface area contributed by atoms with E-state index in [-0.39, 0.29) is 30.1 Å². The van der Waals surface area contributed by atoms with E-state index in [0.29, 0.717) is 18.8 Å². The Bertz CT molecular complexity index is 866. The average Bonchev–Trinajstić information content (AvgIpc) is 3.46. The second-order valence-electron chi connectivity index (χ2n) is 11.2. The number of rotatable bonds is 14. The molecule has 3 aliphatic heterocycles. The van der Waals surface area contributed by atoms with Crippen LogP contribution in [0.3, 0.4) is 0 Å². The predicted octanol–water partition coefficient (Wildman–Crippen LogP) is 6.25. The van der Waals surface area contributed by atoms with E-state index in [1.54, 1.807) is 29.0 Å².